The highest BCUT2D eigenvalue weighted by atomic mass is 35.5. The summed E-state index contributed by atoms with van der Waals surface area (Å²) in [7, 11) is 1.87. The third-order valence-corrected chi connectivity index (χ3v) is 4.23. The van der Waals surface area contributed by atoms with E-state index in [1.165, 1.54) is 0 Å². The first kappa shape index (κ1) is 16.3. The molecule has 1 saturated heterocycles. The van der Waals surface area contributed by atoms with Gasteiger partial charge in [0.25, 0.3) is 5.91 Å². The molecule has 0 saturated carbocycles. The molecule has 7 heteroatoms. The summed E-state index contributed by atoms with van der Waals surface area (Å²) in [5.41, 5.74) is 2.73. The van der Waals surface area contributed by atoms with Crippen molar-refractivity contribution in [2.45, 2.75) is 25.8 Å². The maximum absolute atomic E-state index is 12.5. The Labute approximate surface area is 131 Å². The monoisotopic (exact) mass is 314 g/mol. The molecule has 0 aromatic carbocycles. The number of amides is 1. The molecule has 2 N–H and O–H groups in total. The molecule has 3 rings (SSSR count). The number of fused-ring (bicyclic) bond motifs is 1. The summed E-state index contributed by atoms with van der Waals surface area (Å²) in [6.45, 7) is 4.10. The fraction of sp³-hybridized carbons (Fsp3) is 0.714. The molecular formula is C14H23ClN4O2. The number of H-pyrrole nitrogens is 1. The topological polar surface area (TPSA) is 70.2 Å². The van der Waals surface area contributed by atoms with E-state index in [0.29, 0.717) is 11.6 Å². The van der Waals surface area contributed by atoms with Crippen LogP contribution in [0.1, 0.15) is 34.6 Å². The standard InChI is InChI=1S/C14H22N4O2.ClH/c1-18(9-10-3-6-20-7-4-10)14(19)13-11-8-15-5-2-12(11)16-17-13;/h10,15H,2-9H2,1H3,(H,16,17);1H. The number of nitrogens with zero attached hydrogens (tertiary/aromatic N) is 2. The predicted molar refractivity (Wildman–Crippen MR) is 81.7 cm³/mol. The number of rotatable bonds is 3. The molecule has 2 aliphatic heterocycles. The van der Waals surface area contributed by atoms with Gasteiger partial charge in [-0.25, -0.2) is 0 Å². The summed E-state index contributed by atoms with van der Waals surface area (Å²) < 4.78 is 5.36. The van der Waals surface area contributed by atoms with Gasteiger partial charge < -0.3 is 15.0 Å². The Hall–Kier alpha value is -1.11. The maximum Gasteiger partial charge on any atom is 0.274 e. The van der Waals surface area contributed by atoms with Crippen LogP contribution in [-0.4, -0.2) is 54.4 Å². The van der Waals surface area contributed by atoms with Gasteiger partial charge >= 0.3 is 0 Å². The summed E-state index contributed by atoms with van der Waals surface area (Å²) in [5.74, 6) is 0.572. The van der Waals surface area contributed by atoms with E-state index in [0.717, 1.165) is 63.4 Å². The summed E-state index contributed by atoms with van der Waals surface area (Å²) >= 11 is 0. The van der Waals surface area contributed by atoms with Crippen LogP contribution in [0.3, 0.4) is 0 Å². The lowest BCUT2D eigenvalue weighted by Crippen LogP contribution is -2.35. The van der Waals surface area contributed by atoms with Gasteiger partial charge in [0.15, 0.2) is 5.69 Å². The van der Waals surface area contributed by atoms with Crippen molar-refractivity contribution < 1.29 is 9.53 Å². The molecular weight excluding hydrogens is 292 g/mol. The molecule has 21 heavy (non-hydrogen) atoms. The highest BCUT2D eigenvalue weighted by Crippen LogP contribution is 2.19. The van der Waals surface area contributed by atoms with E-state index in [2.05, 4.69) is 15.5 Å². The van der Waals surface area contributed by atoms with Crippen LogP contribution < -0.4 is 5.32 Å². The van der Waals surface area contributed by atoms with Gasteiger partial charge in [0.2, 0.25) is 0 Å². The second-order valence-corrected chi connectivity index (χ2v) is 5.70. The first-order valence-electron chi connectivity index (χ1n) is 7.35. The molecule has 1 amide bonds. The van der Waals surface area contributed by atoms with Gasteiger partial charge in [-0.2, -0.15) is 5.10 Å². The van der Waals surface area contributed by atoms with Crippen LogP contribution >= 0.6 is 12.4 Å². The van der Waals surface area contributed by atoms with E-state index in [4.69, 9.17) is 4.74 Å². The normalized spacial score (nSPS) is 18.7. The lowest BCUT2D eigenvalue weighted by Gasteiger charge is -2.27. The fourth-order valence-corrected chi connectivity index (χ4v) is 2.98. The number of carbonyl (C=O) groups excluding carboxylic acids is 1. The second-order valence-electron chi connectivity index (χ2n) is 5.70. The number of carbonyl (C=O) groups is 1. The number of halogens is 1. The molecule has 0 unspecified atom stereocenters. The average Bonchev–Trinajstić information content (AvgIpc) is 2.91. The van der Waals surface area contributed by atoms with Crippen LogP contribution in [0.5, 0.6) is 0 Å². The number of ether oxygens (including phenoxy) is 1. The molecule has 0 atom stereocenters. The maximum atomic E-state index is 12.5. The Balaban J connectivity index is 0.00000161. The second kappa shape index (κ2) is 7.24. The number of nitrogens with one attached hydrogen (secondary N) is 2. The molecule has 118 valence electrons. The third-order valence-electron chi connectivity index (χ3n) is 4.23. The largest absolute Gasteiger partial charge is 0.381 e. The Morgan fingerprint density at radius 3 is 2.95 bits per heavy atom. The van der Waals surface area contributed by atoms with Gasteiger partial charge in [-0.15, -0.1) is 12.4 Å². The Morgan fingerprint density at radius 2 is 2.19 bits per heavy atom. The lowest BCUT2D eigenvalue weighted by molar-refractivity contribution is 0.0494. The van der Waals surface area contributed by atoms with Crippen molar-refractivity contribution in [2.24, 2.45) is 5.92 Å². The van der Waals surface area contributed by atoms with Crippen molar-refractivity contribution in [3.05, 3.63) is 17.0 Å². The molecule has 1 aromatic heterocycles. The SMILES string of the molecule is CN(CC1CCOCC1)C(=O)c1n[nH]c2c1CNCC2.Cl. The highest BCUT2D eigenvalue weighted by Gasteiger charge is 2.25. The number of hydrogen-bond donors (Lipinski definition) is 2. The first-order chi connectivity index (χ1) is 9.75. The zero-order chi connectivity index (χ0) is 13.9. The van der Waals surface area contributed by atoms with Gasteiger partial charge in [0, 0.05) is 57.6 Å². The molecule has 2 aliphatic rings. The van der Waals surface area contributed by atoms with Gasteiger partial charge in [-0.1, -0.05) is 0 Å². The van der Waals surface area contributed by atoms with E-state index in [-0.39, 0.29) is 18.3 Å². The molecule has 1 fully saturated rings. The van der Waals surface area contributed by atoms with Crippen LogP contribution in [0, 0.1) is 5.92 Å². The minimum Gasteiger partial charge on any atom is -0.381 e. The molecule has 0 radical (unpaired) electrons. The van der Waals surface area contributed by atoms with Crippen LogP contribution in [-0.2, 0) is 17.7 Å². The van der Waals surface area contributed by atoms with Gasteiger partial charge in [-0.05, 0) is 18.8 Å². The highest BCUT2D eigenvalue weighted by molar-refractivity contribution is 5.93. The Bertz CT molecular complexity index is 485. The van der Waals surface area contributed by atoms with Crippen molar-refractivity contribution in [3.8, 4) is 0 Å². The minimum absolute atomic E-state index is 0. The Morgan fingerprint density at radius 1 is 1.43 bits per heavy atom. The van der Waals surface area contributed by atoms with E-state index in [1.807, 2.05) is 7.05 Å². The first-order valence-corrected chi connectivity index (χ1v) is 7.35. The van der Waals surface area contributed by atoms with Crippen LogP contribution in [0.2, 0.25) is 0 Å². The van der Waals surface area contributed by atoms with Crippen LogP contribution in [0.4, 0.5) is 0 Å². The minimum atomic E-state index is 0. The number of aromatic amines is 1. The molecule has 0 aliphatic carbocycles. The number of aromatic nitrogens is 2. The van der Waals surface area contributed by atoms with Gasteiger partial charge in [0.05, 0.1) is 0 Å². The summed E-state index contributed by atoms with van der Waals surface area (Å²) in [4.78, 5) is 14.3. The van der Waals surface area contributed by atoms with E-state index in [9.17, 15) is 4.79 Å². The molecule has 3 heterocycles. The summed E-state index contributed by atoms with van der Waals surface area (Å²) in [6.07, 6.45) is 3.00. The predicted octanol–water partition coefficient (Wildman–Crippen LogP) is 0.976. The average molecular weight is 315 g/mol. The lowest BCUT2D eigenvalue weighted by atomic mass is 9.99. The quantitative estimate of drug-likeness (QED) is 0.872. The van der Waals surface area contributed by atoms with Crippen LogP contribution in [0.25, 0.3) is 0 Å². The Kier molecular flexibility index (Phi) is 5.61. The van der Waals surface area contributed by atoms with Gasteiger partial charge in [0.1, 0.15) is 0 Å². The van der Waals surface area contributed by atoms with E-state index in [1.54, 1.807) is 4.90 Å². The zero-order valence-corrected chi connectivity index (χ0v) is 13.2. The number of hydrogen-bond acceptors (Lipinski definition) is 4. The molecule has 1 aromatic rings. The van der Waals surface area contributed by atoms with Crippen molar-refractivity contribution in [2.75, 3.05) is 33.4 Å². The van der Waals surface area contributed by atoms with Crippen molar-refractivity contribution >= 4 is 18.3 Å². The molecule has 0 bridgehead atoms. The van der Waals surface area contributed by atoms with Crippen molar-refractivity contribution in [3.63, 3.8) is 0 Å². The van der Waals surface area contributed by atoms with E-state index < -0.39 is 0 Å². The van der Waals surface area contributed by atoms with Crippen molar-refractivity contribution in [1.82, 2.24) is 20.4 Å². The summed E-state index contributed by atoms with van der Waals surface area (Å²) in [5, 5.41) is 10.5. The molecule has 0 spiro atoms. The van der Waals surface area contributed by atoms with Gasteiger partial charge in [-0.3, -0.25) is 9.89 Å². The van der Waals surface area contributed by atoms with Crippen LogP contribution in [0.15, 0.2) is 0 Å². The summed E-state index contributed by atoms with van der Waals surface area (Å²) in [6, 6.07) is 0. The smallest absolute Gasteiger partial charge is 0.274 e. The van der Waals surface area contributed by atoms with E-state index >= 15 is 0 Å². The zero-order valence-electron chi connectivity index (χ0n) is 12.4. The van der Waals surface area contributed by atoms with Crippen molar-refractivity contribution in [1.29, 1.82) is 0 Å². The third kappa shape index (κ3) is 3.56. The molecule has 6 nitrogen and oxygen atoms in total. The fourth-order valence-electron chi connectivity index (χ4n) is 2.98.